The summed E-state index contributed by atoms with van der Waals surface area (Å²) in [5.74, 6) is -11.9. The highest BCUT2D eigenvalue weighted by Crippen LogP contribution is 2.22. The van der Waals surface area contributed by atoms with Crippen molar-refractivity contribution in [2.75, 3.05) is 98.9 Å². The van der Waals surface area contributed by atoms with Gasteiger partial charge in [-0.3, -0.25) is 72.1 Å². The van der Waals surface area contributed by atoms with Gasteiger partial charge in [0.1, 0.15) is 30.2 Å². The van der Waals surface area contributed by atoms with E-state index in [1.54, 1.807) is 0 Å². The number of carbonyl (C=O) groups is 15. The summed E-state index contributed by atoms with van der Waals surface area (Å²) in [5.41, 5.74) is 0. The number of hydrogen-bond acceptors (Lipinski definition) is 24. The molecule has 0 aliphatic carbocycles. The summed E-state index contributed by atoms with van der Waals surface area (Å²) in [6, 6.07) is -7.28. The Hall–Kier alpha value is -8.15. The molecule has 7 N–H and O–H groups in total. The molecule has 0 spiro atoms. The number of nitrogens with one attached hydrogen (secondary N) is 6. The number of aliphatic hydroxyl groups is 1. The van der Waals surface area contributed by atoms with Crippen molar-refractivity contribution in [2.45, 2.75) is 134 Å². The lowest BCUT2D eigenvalue weighted by atomic mass is 10.0. The monoisotopic (exact) mass is 1260 g/mol. The smallest absolute Gasteiger partial charge is 0.354 e. The van der Waals surface area contributed by atoms with Crippen LogP contribution in [-0.2, 0) is 110 Å². The summed E-state index contributed by atoms with van der Waals surface area (Å²) in [4.78, 5) is 198. The lowest BCUT2D eigenvalue weighted by Crippen LogP contribution is -2.66. The van der Waals surface area contributed by atoms with Gasteiger partial charge >= 0.3 is 11.9 Å². The van der Waals surface area contributed by atoms with Crippen molar-refractivity contribution in [3.05, 3.63) is 24.3 Å². The highest BCUT2D eigenvalue weighted by Gasteiger charge is 2.50. The van der Waals surface area contributed by atoms with Crippen molar-refractivity contribution in [1.82, 2.24) is 51.8 Å². The Balaban J connectivity index is 1.02. The van der Waals surface area contributed by atoms with Crippen molar-refractivity contribution in [1.29, 1.82) is 0 Å². The first-order valence-electron chi connectivity index (χ1n) is 29.2. The maximum absolute atomic E-state index is 13.8. The minimum atomic E-state index is -1.97. The molecule has 4 aliphatic rings. The number of imide groups is 3. The van der Waals surface area contributed by atoms with Crippen LogP contribution in [0, 0.1) is 0 Å². The van der Waals surface area contributed by atoms with Crippen LogP contribution < -0.4 is 31.9 Å². The van der Waals surface area contributed by atoms with Crippen molar-refractivity contribution in [3.63, 3.8) is 0 Å². The SMILES string of the molecule is CC(NC(=O)CCCOCCCOCCCOCCNC(=O)C(C(C(=O)NCCOCCCOCCCOCCCC(=O)NCC(=O)NC(C)C(=O)ON1C(=O)CCC1=O)N1C(=O)C=CC1=O)N1C(=O)C=CC1=O)C(=O)NC(C)C(=O)ON1C(=O)CCC1O. The second kappa shape index (κ2) is 39.7. The molecule has 0 bridgehead atoms. The van der Waals surface area contributed by atoms with Crippen LogP contribution in [0.1, 0.15) is 97.8 Å². The summed E-state index contributed by atoms with van der Waals surface area (Å²) in [5, 5.41) is 25.4. The highest BCUT2D eigenvalue weighted by molar-refractivity contribution is 6.19. The van der Waals surface area contributed by atoms with Crippen LogP contribution in [0.15, 0.2) is 24.3 Å². The fourth-order valence-corrected chi connectivity index (χ4v) is 8.37. The first-order valence-corrected chi connectivity index (χ1v) is 29.2. The Kier molecular flexibility index (Phi) is 32.7. The van der Waals surface area contributed by atoms with Gasteiger partial charge in [0.15, 0.2) is 6.23 Å². The Morgan fingerprint density at radius 2 is 0.831 bits per heavy atom. The summed E-state index contributed by atoms with van der Waals surface area (Å²) >= 11 is 0. The molecule has 6 atom stereocenters. The van der Waals surface area contributed by atoms with E-state index in [-0.39, 0.29) is 91.3 Å². The van der Waals surface area contributed by atoms with Crippen molar-refractivity contribution >= 4 is 88.7 Å². The third-order valence-corrected chi connectivity index (χ3v) is 13.0. The maximum Gasteiger partial charge on any atom is 0.354 e. The summed E-state index contributed by atoms with van der Waals surface area (Å²) in [6.45, 7) is 6.27. The van der Waals surface area contributed by atoms with E-state index in [0.717, 1.165) is 24.3 Å². The van der Waals surface area contributed by atoms with Gasteiger partial charge in [-0.15, -0.1) is 10.1 Å². The Bertz CT molecular complexity index is 2530. The van der Waals surface area contributed by atoms with Crippen LogP contribution in [0.25, 0.3) is 0 Å². The normalized spacial score (nSPS) is 17.2. The third kappa shape index (κ3) is 25.8. The fraction of sp³-hybridized carbons (Fsp3) is 0.655. The quantitative estimate of drug-likeness (QED) is 0.0224. The Morgan fingerprint density at radius 1 is 0.449 bits per heavy atom. The molecular weight excluding hydrogens is 1180 g/mol. The second-order valence-electron chi connectivity index (χ2n) is 20.3. The summed E-state index contributed by atoms with van der Waals surface area (Å²) < 4.78 is 33.4. The van der Waals surface area contributed by atoms with Crippen molar-refractivity contribution in [2.24, 2.45) is 0 Å². The van der Waals surface area contributed by atoms with Gasteiger partial charge in [-0.05, 0) is 59.3 Å². The molecule has 6 unspecified atom stereocenters. The van der Waals surface area contributed by atoms with Crippen molar-refractivity contribution < 1.29 is 115 Å². The van der Waals surface area contributed by atoms with E-state index in [9.17, 15) is 77.0 Å². The molecule has 0 aromatic heterocycles. The molecule has 34 heteroatoms. The van der Waals surface area contributed by atoms with Gasteiger partial charge < -0.3 is 75.1 Å². The fourth-order valence-electron chi connectivity index (χ4n) is 8.37. The average Bonchev–Trinajstić information content (AvgIpc) is 2.16. The lowest BCUT2D eigenvalue weighted by molar-refractivity contribution is -0.221. The largest absolute Gasteiger partial charge is 0.381 e. The molecule has 0 aromatic carbocycles. The van der Waals surface area contributed by atoms with Gasteiger partial charge in [-0.1, -0.05) is 0 Å². The molecule has 2 saturated heterocycles. The minimum Gasteiger partial charge on any atom is -0.381 e. The van der Waals surface area contributed by atoms with Gasteiger partial charge in [0.2, 0.25) is 35.4 Å². The molecule has 0 saturated carbocycles. The molecule has 4 heterocycles. The van der Waals surface area contributed by atoms with Gasteiger partial charge in [-0.2, -0.15) is 0 Å². The number of nitrogens with zero attached hydrogens (tertiary/aromatic N) is 4. The number of hydroxylamine groups is 4. The molecule has 0 aromatic rings. The van der Waals surface area contributed by atoms with Crippen LogP contribution >= 0.6 is 0 Å². The zero-order valence-corrected chi connectivity index (χ0v) is 50.0. The summed E-state index contributed by atoms with van der Waals surface area (Å²) in [6.07, 6.45) is 5.16. The standard InChI is InChI=1S/C55H80N10O24/c1-35(51(77)61-37(3)55(81)89-65-47(75)18-19-48(65)76)59-39(67)11-5-23-83-25-7-27-85-29-9-31-87-33-21-57-53(79)50(63-43(71)14-15-44(63)72)49(62-41(69)12-13-42(62)70)52(78)56-20-32-86-30-8-28-84-26-6-24-82-22-4-10-38(66)58-34-40(68)60-36(2)54(80)88-64-45(73)16-17-46(64)74/h12-15,35-37,47,49-50,75H,4-11,16-34H2,1-3H3,(H,56,78)(H,57,79)(H,58,66)(H,59,67)(H,60,68)(H,61,77). The zero-order valence-electron chi connectivity index (χ0n) is 50.0. The lowest BCUT2D eigenvalue weighted by Gasteiger charge is -2.35. The average molecular weight is 1270 g/mol. The molecule has 2 fully saturated rings. The van der Waals surface area contributed by atoms with Crippen LogP contribution in [0.5, 0.6) is 0 Å². The maximum atomic E-state index is 13.8. The van der Waals surface area contributed by atoms with Crippen LogP contribution in [-0.4, -0.2) is 249 Å². The highest BCUT2D eigenvalue weighted by atomic mass is 16.7. The number of rotatable bonds is 45. The second-order valence-corrected chi connectivity index (χ2v) is 20.3. The molecule has 0 radical (unpaired) electrons. The number of hydrogen-bond donors (Lipinski definition) is 7. The van der Waals surface area contributed by atoms with E-state index in [1.165, 1.54) is 20.8 Å². The summed E-state index contributed by atoms with van der Waals surface area (Å²) in [7, 11) is 0. The van der Waals surface area contributed by atoms with Gasteiger partial charge in [-0.25, -0.2) is 9.59 Å². The molecule has 34 nitrogen and oxygen atoms in total. The van der Waals surface area contributed by atoms with Crippen LogP contribution in [0.4, 0.5) is 0 Å². The van der Waals surface area contributed by atoms with Gasteiger partial charge in [0.05, 0.1) is 19.8 Å². The Labute approximate surface area is 511 Å². The molecule has 89 heavy (non-hydrogen) atoms. The molecule has 494 valence electrons. The minimum absolute atomic E-state index is 0.0194. The number of ether oxygens (including phenoxy) is 6. The van der Waals surface area contributed by atoms with E-state index < -0.39 is 132 Å². The number of carbonyl (C=O) groups excluding carboxylic acids is 15. The van der Waals surface area contributed by atoms with E-state index in [4.69, 9.17) is 38.1 Å². The third-order valence-electron chi connectivity index (χ3n) is 13.0. The topological polar surface area (TPSA) is 435 Å². The molecule has 4 aliphatic heterocycles. The predicted octanol–water partition coefficient (Wildman–Crippen LogP) is -4.34. The molecular formula is C55H80N10O24. The van der Waals surface area contributed by atoms with Gasteiger partial charge in [0, 0.05) is 142 Å². The molecule has 13 amide bonds. The zero-order chi connectivity index (χ0) is 65.3. The van der Waals surface area contributed by atoms with E-state index in [0.29, 0.717) is 98.1 Å². The van der Waals surface area contributed by atoms with E-state index in [2.05, 4.69) is 31.9 Å². The van der Waals surface area contributed by atoms with Crippen LogP contribution in [0.2, 0.25) is 0 Å². The van der Waals surface area contributed by atoms with E-state index >= 15 is 0 Å². The first kappa shape index (κ1) is 73.3. The van der Waals surface area contributed by atoms with E-state index in [1.807, 2.05) is 0 Å². The first-order chi connectivity index (χ1) is 42.6. The molecule has 4 rings (SSSR count). The van der Waals surface area contributed by atoms with Crippen LogP contribution in [0.3, 0.4) is 0 Å². The predicted molar refractivity (Wildman–Crippen MR) is 299 cm³/mol. The number of aliphatic hydroxyl groups excluding tert-OH is 1. The van der Waals surface area contributed by atoms with Gasteiger partial charge in [0.25, 0.3) is 41.4 Å². The number of amides is 13. The van der Waals surface area contributed by atoms with Crippen molar-refractivity contribution in [3.8, 4) is 0 Å². The Morgan fingerprint density at radius 3 is 1.26 bits per heavy atom.